The summed E-state index contributed by atoms with van der Waals surface area (Å²) in [4.78, 5) is 25.8. The van der Waals surface area contributed by atoms with Crippen molar-refractivity contribution in [2.75, 3.05) is 29.9 Å². The first-order chi connectivity index (χ1) is 20.8. The molecule has 0 radical (unpaired) electrons. The third kappa shape index (κ3) is 4.69. The Morgan fingerprint density at radius 1 is 1.09 bits per heavy atom. The number of nitrogens with zero attached hydrogens (tertiary/aromatic N) is 5. The van der Waals surface area contributed by atoms with Crippen LogP contribution in [-0.4, -0.2) is 58.7 Å². The fourth-order valence-corrected chi connectivity index (χ4v) is 9.13. The maximum absolute atomic E-state index is 13.6. The van der Waals surface area contributed by atoms with Crippen LogP contribution in [0.15, 0.2) is 41.6 Å². The summed E-state index contributed by atoms with van der Waals surface area (Å²) >= 11 is 1.24. The highest BCUT2D eigenvalue weighted by molar-refractivity contribution is 7.97. The molecule has 5 heterocycles. The summed E-state index contributed by atoms with van der Waals surface area (Å²) in [6.45, 7) is 6.97. The summed E-state index contributed by atoms with van der Waals surface area (Å²) in [5.41, 5.74) is 2.93. The van der Waals surface area contributed by atoms with Crippen LogP contribution < -0.4 is 25.1 Å². The highest BCUT2D eigenvalue weighted by Gasteiger charge is 2.85. The summed E-state index contributed by atoms with van der Waals surface area (Å²) in [6.07, 6.45) is 12.0. The van der Waals surface area contributed by atoms with Gasteiger partial charge in [0.2, 0.25) is 5.88 Å². The number of ether oxygens (including phenoxy) is 1. The van der Waals surface area contributed by atoms with Gasteiger partial charge in [0.15, 0.2) is 5.82 Å². The van der Waals surface area contributed by atoms with Gasteiger partial charge in [0, 0.05) is 42.8 Å². The molecule has 1 saturated heterocycles. The molecule has 0 aromatic carbocycles. The topological polar surface area (TPSA) is 97.2 Å². The molecule has 5 aliphatic rings. The van der Waals surface area contributed by atoms with Gasteiger partial charge in [-0.3, -0.25) is 9.52 Å². The normalized spacial score (nSPS) is 24.5. The number of carbonyl (C=O) groups excluding carboxylic acids is 1. The molecule has 2 N–H and O–H groups in total. The van der Waals surface area contributed by atoms with Gasteiger partial charge in [-0.1, -0.05) is 6.07 Å². The molecule has 3 saturated carbocycles. The first-order valence-corrected chi connectivity index (χ1v) is 16.8. The number of rotatable bonds is 5. The summed E-state index contributed by atoms with van der Waals surface area (Å²) in [6, 6.07) is 9.65. The Morgan fingerprint density at radius 3 is 2.70 bits per heavy atom. The molecule has 4 bridgehead atoms. The molecule has 9 nitrogen and oxygen atoms in total. The monoisotopic (exact) mass is 597 g/mol. The van der Waals surface area contributed by atoms with E-state index in [0.717, 1.165) is 67.6 Å². The van der Waals surface area contributed by atoms with E-state index in [1.54, 1.807) is 4.68 Å². The number of hydrogen-bond acceptors (Lipinski definition) is 8. The largest absolute Gasteiger partial charge is 0.477 e. The van der Waals surface area contributed by atoms with Crippen LogP contribution in [-0.2, 0) is 0 Å². The van der Waals surface area contributed by atoms with Crippen LogP contribution in [0.2, 0.25) is 0 Å². The lowest BCUT2D eigenvalue weighted by molar-refractivity contribution is 0.0984. The molecule has 4 fully saturated rings. The second-order valence-electron chi connectivity index (χ2n) is 14.1. The third-order valence-corrected chi connectivity index (χ3v) is 11.7. The van der Waals surface area contributed by atoms with Crippen molar-refractivity contribution >= 4 is 42.8 Å². The molecule has 3 aromatic rings. The fraction of sp³-hybridized carbons (Fsp3) is 0.562. The highest BCUT2D eigenvalue weighted by Crippen LogP contribution is 2.93. The van der Waals surface area contributed by atoms with Crippen molar-refractivity contribution < 1.29 is 9.53 Å². The summed E-state index contributed by atoms with van der Waals surface area (Å²) in [7, 11) is 2.06. The zero-order valence-electron chi connectivity index (χ0n) is 25.4. The lowest BCUT2D eigenvalue weighted by Crippen LogP contribution is -2.40. The minimum atomic E-state index is -0.184. The summed E-state index contributed by atoms with van der Waals surface area (Å²) in [5, 5.41) is 8.97. The van der Waals surface area contributed by atoms with Crippen LogP contribution in [0.25, 0.3) is 5.82 Å². The second kappa shape index (κ2) is 9.91. The minimum Gasteiger partial charge on any atom is -0.477 e. The SMILES string of the molecule is Bc1ccc2nc1NCCCC1CN(c3nc(-n4ccc(OCCC5C6(CC6)C56CC6)n4)ccc3C(=O)NS2)C(C)(C)C1. The van der Waals surface area contributed by atoms with Gasteiger partial charge in [-0.2, -0.15) is 0 Å². The number of fused-ring (bicyclic) bond motifs is 7. The van der Waals surface area contributed by atoms with Gasteiger partial charge in [-0.15, -0.1) is 5.10 Å². The first kappa shape index (κ1) is 27.4. The van der Waals surface area contributed by atoms with E-state index in [4.69, 9.17) is 19.8 Å². The van der Waals surface area contributed by atoms with Crippen molar-refractivity contribution in [1.82, 2.24) is 24.5 Å². The van der Waals surface area contributed by atoms with E-state index in [9.17, 15) is 4.79 Å². The average Bonchev–Trinajstić information content (AvgIpc) is 3.94. The molecular formula is C32H40BN7O2S. The predicted molar refractivity (Wildman–Crippen MR) is 171 cm³/mol. The van der Waals surface area contributed by atoms with Crippen molar-refractivity contribution in [3.63, 3.8) is 0 Å². The summed E-state index contributed by atoms with van der Waals surface area (Å²) in [5.74, 6) is 4.08. The molecule has 2 spiro atoms. The van der Waals surface area contributed by atoms with Crippen LogP contribution >= 0.6 is 11.9 Å². The standard InChI is InChI=1S/C32H40BN7O2S/c1-30(2)18-20-4-3-15-34-27-22(33)6-8-26(36-27)43-38-29(41)21-5-7-24(35-28(21)39(30)19-20)40-16-9-25(37-40)42-17-10-23-31(11-12-31)32(23)13-14-32/h5-9,16,20,23H,3-4,10-15,17-19,33H2,1-2H3,(H,34,36)(H,38,41). The quantitative estimate of drug-likeness (QED) is 0.335. The van der Waals surface area contributed by atoms with Gasteiger partial charge in [0.1, 0.15) is 24.5 Å². The van der Waals surface area contributed by atoms with E-state index < -0.39 is 0 Å². The van der Waals surface area contributed by atoms with E-state index in [1.807, 2.05) is 36.5 Å². The first-order valence-electron chi connectivity index (χ1n) is 15.9. The molecule has 3 aromatic heterocycles. The third-order valence-electron chi connectivity index (χ3n) is 11.0. The van der Waals surface area contributed by atoms with Crippen molar-refractivity contribution in [2.24, 2.45) is 22.7 Å². The van der Waals surface area contributed by atoms with E-state index in [2.05, 4.69) is 36.6 Å². The van der Waals surface area contributed by atoms with Crippen LogP contribution in [0.1, 0.15) is 75.6 Å². The Morgan fingerprint density at radius 2 is 1.91 bits per heavy atom. The van der Waals surface area contributed by atoms with Crippen molar-refractivity contribution in [2.45, 2.75) is 75.8 Å². The molecule has 43 heavy (non-hydrogen) atoms. The van der Waals surface area contributed by atoms with Crippen molar-refractivity contribution in [3.05, 3.63) is 42.1 Å². The Hall–Kier alpha value is -3.21. The molecule has 1 atom stereocenters. The minimum absolute atomic E-state index is 0.134. The second-order valence-corrected chi connectivity index (χ2v) is 14.9. The van der Waals surface area contributed by atoms with Crippen molar-refractivity contribution in [1.29, 1.82) is 0 Å². The molecule has 8 rings (SSSR count). The lowest BCUT2D eigenvalue weighted by atomic mass is 9.93. The molecule has 1 unspecified atom stereocenters. The fourth-order valence-electron chi connectivity index (χ4n) is 8.55. The number of aromatic nitrogens is 4. The van der Waals surface area contributed by atoms with Gasteiger partial charge >= 0.3 is 0 Å². The molecule has 1 amide bonds. The molecule has 3 aliphatic carbocycles. The number of pyridine rings is 2. The maximum atomic E-state index is 13.6. The Bertz CT molecular complexity index is 1570. The molecule has 11 heteroatoms. The van der Waals surface area contributed by atoms with E-state index >= 15 is 0 Å². The van der Waals surface area contributed by atoms with Crippen LogP contribution in [0.4, 0.5) is 11.6 Å². The molecule has 224 valence electrons. The highest BCUT2D eigenvalue weighted by atomic mass is 32.2. The Labute approximate surface area is 258 Å². The van der Waals surface area contributed by atoms with Gasteiger partial charge in [0.05, 0.1) is 12.2 Å². The van der Waals surface area contributed by atoms with Crippen molar-refractivity contribution in [3.8, 4) is 11.7 Å². The number of amides is 1. The van der Waals surface area contributed by atoms with E-state index in [1.165, 1.54) is 37.6 Å². The van der Waals surface area contributed by atoms with Gasteiger partial charge < -0.3 is 15.0 Å². The smallest absolute Gasteiger partial charge is 0.265 e. The summed E-state index contributed by atoms with van der Waals surface area (Å²) < 4.78 is 10.9. The maximum Gasteiger partial charge on any atom is 0.265 e. The number of carbonyl (C=O) groups is 1. The van der Waals surface area contributed by atoms with Gasteiger partial charge in [0.25, 0.3) is 5.91 Å². The van der Waals surface area contributed by atoms with Gasteiger partial charge in [-0.05, 0) is 112 Å². The number of hydrogen-bond donors (Lipinski definition) is 2. The van der Waals surface area contributed by atoms with Gasteiger partial charge in [-0.25, -0.2) is 14.6 Å². The number of anilines is 2. The van der Waals surface area contributed by atoms with Crippen LogP contribution in [0.5, 0.6) is 5.88 Å². The zero-order valence-corrected chi connectivity index (χ0v) is 26.2. The van der Waals surface area contributed by atoms with E-state index in [0.29, 0.717) is 39.8 Å². The molecular weight excluding hydrogens is 557 g/mol. The average molecular weight is 598 g/mol. The number of nitrogens with one attached hydrogen (secondary N) is 2. The molecule has 2 aliphatic heterocycles. The van der Waals surface area contributed by atoms with E-state index in [-0.39, 0.29) is 11.4 Å². The lowest BCUT2D eigenvalue weighted by Gasteiger charge is -2.34. The Kier molecular flexibility index (Phi) is 6.30. The predicted octanol–water partition coefficient (Wildman–Crippen LogP) is 4.13. The Balaban J connectivity index is 1.04. The van der Waals surface area contributed by atoms with Crippen LogP contribution in [0, 0.1) is 22.7 Å². The van der Waals surface area contributed by atoms with Crippen LogP contribution in [0.3, 0.4) is 0 Å². The zero-order chi connectivity index (χ0) is 29.4.